The number of hydrogen-bond acceptors (Lipinski definition) is 5. The van der Waals surface area contributed by atoms with E-state index in [9.17, 15) is 0 Å². The largest absolute Gasteiger partial charge is 0.439 e. The Morgan fingerprint density at radius 2 is 2.10 bits per heavy atom. The summed E-state index contributed by atoms with van der Waals surface area (Å²) in [7, 11) is 0. The number of hydrogen-bond donors (Lipinski definition) is 1. The Morgan fingerprint density at radius 3 is 2.75 bits per heavy atom. The third-order valence-corrected chi connectivity index (χ3v) is 3.36. The number of benzene rings is 1. The zero-order valence-electron chi connectivity index (χ0n) is 11.6. The zero-order valence-corrected chi connectivity index (χ0v) is 13.2. The van der Waals surface area contributed by atoms with Gasteiger partial charge in [0.1, 0.15) is 11.6 Å². The topological polar surface area (TPSA) is 47.0 Å². The van der Waals surface area contributed by atoms with E-state index < -0.39 is 0 Å². The van der Waals surface area contributed by atoms with Crippen LogP contribution < -0.4 is 10.1 Å². The van der Waals surface area contributed by atoms with Gasteiger partial charge in [0, 0.05) is 17.6 Å². The van der Waals surface area contributed by atoms with Gasteiger partial charge in [-0.15, -0.1) is 0 Å². The van der Waals surface area contributed by atoms with Gasteiger partial charge in [0.05, 0.1) is 0 Å². The maximum atomic E-state index is 5.94. The molecule has 4 nitrogen and oxygen atoms in total. The summed E-state index contributed by atoms with van der Waals surface area (Å²) in [6.07, 6.45) is 1.93. The van der Waals surface area contributed by atoms with E-state index in [1.54, 1.807) is 12.1 Å². The Morgan fingerprint density at radius 1 is 1.30 bits per heavy atom. The highest BCUT2D eigenvalue weighted by Gasteiger charge is 2.07. The van der Waals surface area contributed by atoms with Gasteiger partial charge in [0.25, 0.3) is 0 Å². The first-order chi connectivity index (χ1) is 9.62. The van der Waals surface area contributed by atoms with Crippen LogP contribution in [0.15, 0.2) is 29.4 Å². The molecule has 1 aromatic heterocycles. The average Bonchev–Trinajstić information content (AvgIpc) is 2.42. The van der Waals surface area contributed by atoms with Crippen molar-refractivity contribution in [3.05, 3.63) is 34.9 Å². The van der Waals surface area contributed by atoms with Gasteiger partial charge in [-0.3, -0.25) is 0 Å². The minimum Gasteiger partial charge on any atom is -0.439 e. The minimum absolute atomic E-state index is 0.519. The van der Waals surface area contributed by atoms with Crippen LogP contribution in [0.1, 0.15) is 12.5 Å². The van der Waals surface area contributed by atoms with Crippen LogP contribution in [0.4, 0.5) is 5.82 Å². The van der Waals surface area contributed by atoms with Gasteiger partial charge in [0.15, 0.2) is 5.16 Å². The number of rotatable bonds is 5. The smallest absolute Gasteiger partial charge is 0.225 e. The molecule has 0 saturated heterocycles. The molecule has 1 N–H and O–H groups in total. The first kappa shape index (κ1) is 14.9. The van der Waals surface area contributed by atoms with Crippen LogP contribution in [0.3, 0.4) is 0 Å². The minimum atomic E-state index is 0.519. The number of aryl methyl sites for hydroxylation is 1. The summed E-state index contributed by atoms with van der Waals surface area (Å²) in [4.78, 5) is 8.71. The number of nitrogens with one attached hydrogen (secondary N) is 1. The molecule has 1 aromatic carbocycles. The Balaban J connectivity index is 2.29. The van der Waals surface area contributed by atoms with E-state index in [0.29, 0.717) is 16.1 Å². The Hall–Kier alpha value is -1.46. The Bertz CT molecular complexity index is 607. The fourth-order valence-corrected chi connectivity index (χ4v) is 2.26. The summed E-state index contributed by atoms with van der Waals surface area (Å²) in [6.45, 7) is 4.76. The van der Waals surface area contributed by atoms with Gasteiger partial charge < -0.3 is 10.1 Å². The van der Waals surface area contributed by atoms with Gasteiger partial charge in [0.2, 0.25) is 5.88 Å². The molecule has 0 unspecified atom stereocenters. The Kier molecular flexibility index (Phi) is 5.09. The summed E-state index contributed by atoms with van der Waals surface area (Å²) in [5.74, 6) is 2.02. The van der Waals surface area contributed by atoms with E-state index in [2.05, 4.69) is 15.3 Å². The number of nitrogens with zero attached hydrogens (tertiary/aromatic N) is 2. The number of aromatic nitrogens is 2. The lowest BCUT2D eigenvalue weighted by Gasteiger charge is -2.10. The van der Waals surface area contributed by atoms with Crippen LogP contribution in [0.5, 0.6) is 11.6 Å². The molecule has 0 aliphatic heterocycles. The van der Waals surface area contributed by atoms with Crippen molar-refractivity contribution in [3.63, 3.8) is 0 Å². The van der Waals surface area contributed by atoms with E-state index in [-0.39, 0.29) is 0 Å². The molecule has 20 heavy (non-hydrogen) atoms. The van der Waals surface area contributed by atoms with Crippen LogP contribution in [0.25, 0.3) is 0 Å². The lowest BCUT2D eigenvalue weighted by Crippen LogP contribution is -2.02. The molecular weight excluding hydrogens is 294 g/mol. The molecule has 106 valence electrons. The van der Waals surface area contributed by atoms with Crippen molar-refractivity contribution >= 4 is 29.2 Å². The molecule has 0 saturated carbocycles. The predicted octanol–water partition coefficient (Wildman–Crippen LogP) is 4.38. The van der Waals surface area contributed by atoms with Gasteiger partial charge >= 0.3 is 0 Å². The van der Waals surface area contributed by atoms with Crippen molar-refractivity contribution in [3.8, 4) is 11.6 Å². The lowest BCUT2D eigenvalue weighted by atomic mass is 10.2. The second-order valence-electron chi connectivity index (χ2n) is 4.12. The SMILES string of the molecule is CCNc1cc(Oc2ccc(Cl)cc2C)nc(SC)n1. The highest BCUT2D eigenvalue weighted by atomic mass is 35.5. The highest BCUT2D eigenvalue weighted by molar-refractivity contribution is 7.98. The third-order valence-electron chi connectivity index (χ3n) is 2.57. The molecule has 0 aliphatic rings. The predicted molar refractivity (Wildman–Crippen MR) is 84.2 cm³/mol. The highest BCUT2D eigenvalue weighted by Crippen LogP contribution is 2.28. The van der Waals surface area contributed by atoms with Gasteiger partial charge in [-0.05, 0) is 43.9 Å². The molecule has 1 heterocycles. The van der Waals surface area contributed by atoms with E-state index in [4.69, 9.17) is 16.3 Å². The lowest BCUT2D eigenvalue weighted by molar-refractivity contribution is 0.453. The van der Waals surface area contributed by atoms with Crippen LogP contribution in [0, 0.1) is 6.92 Å². The van der Waals surface area contributed by atoms with Crippen LogP contribution in [-0.4, -0.2) is 22.8 Å². The molecule has 0 atom stereocenters. The molecule has 0 aliphatic carbocycles. The van der Waals surface area contributed by atoms with E-state index in [0.717, 1.165) is 23.7 Å². The van der Waals surface area contributed by atoms with Crippen molar-refractivity contribution in [1.29, 1.82) is 0 Å². The standard InChI is InChI=1S/C14H16ClN3OS/c1-4-16-12-8-13(18-14(17-12)20-3)19-11-6-5-10(15)7-9(11)2/h5-8H,4H2,1-3H3,(H,16,17,18). The van der Waals surface area contributed by atoms with Gasteiger partial charge in [-0.25, -0.2) is 4.98 Å². The summed E-state index contributed by atoms with van der Waals surface area (Å²) in [6, 6.07) is 7.28. The van der Waals surface area contributed by atoms with Crippen LogP contribution in [0.2, 0.25) is 5.02 Å². The number of ether oxygens (including phenoxy) is 1. The van der Waals surface area contributed by atoms with Crippen LogP contribution in [-0.2, 0) is 0 Å². The van der Waals surface area contributed by atoms with Crippen LogP contribution >= 0.6 is 23.4 Å². The van der Waals surface area contributed by atoms with Crippen molar-refractivity contribution in [1.82, 2.24) is 9.97 Å². The van der Waals surface area contributed by atoms with E-state index in [1.807, 2.05) is 32.2 Å². The summed E-state index contributed by atoms with van der Waals surface area (Å²) in [5.41, 5.74) is 0.965. The fraction of sp³-hybridized carbons (Fsp3) is 0.286. The summed E-state index contributed by atoms with van der Waals surface area (Å²) in [5, 5.41) is 4.53. The Labute approximate surface area is 127 Å². The second kappa shape index (κ2) is 6.81. The molecule has 0 spiro atoms. The molecule has 2 aromatic rings. The van der Waals surface area contributed by atoms with Gasteiger partial charge in [-0.2, -0.15) is 4.98 Å². The van der Waals surface area contributed by atoms with Gasteiger partial charge in [-0.1, -0.05) is 23.4 Å². The third kappa shape index (κ3) is 3.77. The number of thioether (sulfide) groups is 1. The summed E-state index contributed by atoms with van der Waals surface area (Å²) < 4.78 is 5.83. The fourth-order valence-electron chi connectivity index (χ4n) is 1.66. The van der Waals surface area contributed by atoms with Crippen molar-refractivity contribution in [2.24, 2.45) is 0 Å². The van der Waals surface area contributed by atoms with E-state index >= 15 is 0 Å². The molecule has 6 heteroatoms. The maximum absolute atomic E-state index is 5.94. The molecular formula is C14H16ClN3OS. The molecule has 0 radical (unpaired) electrons. The zero-order chi connectivity index (χ0) is 14.5. The number of anilines is 1. The average molecular weight is 310 g/mol. The number of halogens is 1. The molecule has 0 bridgehead atoms. The maximum Gasteiger partial charge on any atom is 0.225 e. The van der Waals surface area contributed by atoms with E-state index in [1.165, 1.54) is 11.8 Å². The molecule has 0 amide bonds. The molecule has 2 rings (SSSR count). The van der Waals surface area contributed by atoms with Crippen molar-refractivity contribution in [2.45, 2.75) is 19.0 Å². The normalized spacial score (nSPS) is 10.4. The first-order valence-electron chi connectivity index (χ1n) is 6.23. The monoisotopic (exact) mass is 309 g/mol. The van der Waals surface area contributed by atoms with Crippen molar-refractivity contribution in [2.75, 3.05) is 18.1 Å². The summed E-state index contributed by atoms with van der Waals surface area (Å²) >= 11 is 7.42. The first-order valence-corrected chi connectivity index (χ1v) is 7.83. The quantitative estimate of drug-likeness (QED) is 0.656. The molecule has 0 fully saturated rings. The van der Waals surface area contributed by atoms with Crippen molar-refractivity contribution < 1.29 is 4.74 Å². The second-order valence-corrected chi connectivity index (χ2v) is 5.33.